The standard InChI is InChI=1S/C18H27N3O3.ClH/c1-24-18(23)15-7-5-14(6-8-15)13-21-11-3-2-4-16(21)12-20-17(22)9-10-19;/h5-8,16H,2-4,9-13,19H2,1H3,(H,20,22);1H. The van der Waals surface area contributed by atoms with Crippen LogP contribution in [0.3, 0.4) is 0 Å². The van der Waals surface area contributed by atoms with Crippen LogP contribution in [0.2, 0.25) is 0 Å². The minimum Gasteiger partial charge on any atom is -0.465 e. The number of amides is 1. The Morgan fingerprint density at radius 1 is 1.28 bits per heavy atom. The van der Waals surface area contributed by atoms with Crippen LogP contribution in [0.25, 0.3) is 0 Å². The van der Waals surface area contributed by atoms with Crippen molar-refractivity contribution in [2.75, 3.05) is 26.7 Å². The second-order valence-electron chi connectivity index (χ2n) is 6.15. The maximum absolute atomic E-state index is 11.6. The number of likely N-dealkylation sites (tertiary alicyclic amines) is 1. The van der Waals surface area contributed by atoms with Crippen LogP contribution in [0.4, 0.5) is 0 Å². The van der Waals surface area contributed by atoms with Gasteiger partial charge in [0.2, 0.25) is 5.91 Å². The monoisotopic (exact) mass is 369 g/mol. The molecule has 1 saturated heterocycles. The lowest BCUT2D eigenvalue weighted by atomic mass is 10.0. The van der Waals surface area contributed by atoms with E-state index in [2.05, 4.69) is 10.2 Å². The van der Waals surface area contributed by atoms with Gasteiger partial charge in [-0.2, -0.15) is 0 Å². The molecular formula is C18H28ClN3O3. The smallest absolute Gasteiger partial charge is 0.337 e. The molecule has 1 unspecified atom stereocenters. The molecule has 6 nitrogen and oxygen atoms in total. The molecule has 1 aliphatic heterocycles. The molecule has 1 aromatic carbocycles. The molecule has 1 fully saturated rings. The molecule has 0 spiro atoms. The number of carbonyl (C=O) groups excluding carboxylic acids is 2. The summed E-state index contributed by atoms with van der Waals surface area (Å²) in [7, 11) is 1.38. The highest BCUT2D eigenvalue weighted by molar-refractivity contribution is 5.89. The Balaban J connectivity index is 0.00000312. The van der Waals surface area contributed by atoms with Gasteiger partial charge in [0.05, 0.1) is 12.7 Å². The first-order valence-corrected chi connectivity index (χ1v) is 8.52. The number of methoxy groups -OCH3 is 1. The minimum absolute atomic E-state index is 0. The van der Waals surface area contributed by atoms with Gasteiger partial charge < -0.3 is 15.8 Å². The Bertz CT molecular complexity index is 551. The average Bonchev–Trinajstić information content (AvgIpc) is 2.61. The quantitative estimate of drug-likeness (QED) is 0.715. The average molecular weight is 370 g/mol. The van der Waals surface area contributed by atoms with Crippen molar-refractivity contribution in [3.63, 3.8) is 0 Å². The Labute approximate surface area is 155 Å². The van der Waals surface area contributed by atoms with Crippen molar-refractivity contribution in [2.24, 2.45) is 5.73 Å². The van der Waals surface area contributed by atoms with E-state index in [0.717, 1.165) is 25.1 Å². The Morgan fingerprint density at radius 2 is 2.00 bits per heavy atom. The number of benzene rings is 1. The second-order valence-corrected chi connectivity index (χ2v) is 6.15. The maximum Gasteiger partial charge on any atom is 0.337 e. The highest BCUT2D eigenvalue weighted by Crippen LogP contribution is 2.19. The first-order valence-electron chi connectivity index (χ1n) is 8.52. The highest BCUT2D eigenvalue weighted by atomic mass is 35.5. The fourth-order valence-electron chi connectivity index (χ4n) is 3.05. The highest BCUT2D eigenvalue weighted by Gasteiger charge is 2.22. The van der Waals surface area contributed by atoms with Crippen molar-refractivity contribution in [3.8, 4) is 0 Å². The van der Waals surface area contributed by atoms with Gasteiger partial charge in [-0.25, -0.2) is 4.79 Å². The molecule has 0 saturated carbocycles. The molecule has 0 bridgehead atoms. The second kappa shape index (κ2) is 11.1. The molecule has 3 N–H and O–H groups in total. The van der Waals surface area contributed by atoms with E-state index < -0.39 is 0 Å². The largest absolute Gasteiger partial charge is 0.465 e. The van der Waals surface area contributed by atoms with Crippen LogP contribution in [0, 0.1) is 0 Å². The fourth-order valence-corrected chi connectivity index (χ4v) is 3.05. The van der Waals surface area contributed by atoms with Gasteiger partial charge in [0.1, 0.15) is 0 Å². The molecule has 2 rings (SSSR count). The first kappa shape index (κ1) is 21.4. The van der Waals surface area contributed by atoms with Crippen LogP contribution in [-0.2, 0) is 16.1 Å². The molecule has 1 heterocycles. The minimum atomic E-state index is -0.319. The third-order valence-electron chi connectivity index (χ3n) is 4.42. The van der Waals surface area contributed by atoms with Crippen molar-refractivity contribution in [2.45, 2.75) is 38.3 Å². The van der Waals surface area contributed by atoms with Crippen molar-refractivity contribution in [1.82, 2.24) is 10.2 Å². The van der Waals surface area contributed by atoms with Gasteiger partial charge in [-0.15, -0.1) is 12.4 Å². The number of carbonyl (C=O) groups is 2. The van der Waals surface area contributed by atoms with Gasteiger partial charge >= 0.3 is 5.97 Å². The number of rotatable bonds is 7. The normalized spacial score (nSPS) is 17.4. The van der Waals surface area contributed by atoms with E-state index in [1.165, 1.54) is 20.0 Å². The number of nitrogens with two attached hydrogens (primary N) is 1. The number of ether oxygens (including phenoxy) is 1. The molecule has 1 aliphatic rings. The SMILES string of the molecule is COC(=O)c1ccc(CN2CCCCC2CNC(=O)CCN)cc1.Cl. The summed E-state index contributed by atoms with van der Waals surface area (Å²) in [6, 6.07) is 7.86. The summed E-state index contributed by atoms with van der Waals surface area (Å²) in [5.41, 5.74) is 7.12. The van der Waals surface area contributed by atoms with Crippen LogP contribution in [-0.4, -0.2) is 49.6 Å². The molecule has 1 amide bonds. The van der Waals surface area contributed by atoms with E-state index in [9.17, 15) is 9.59 Å². The number of esters is 1. The number of nitrogens with zero attached hydrogens (tertiary/aromatic N) is 1. The summed E-state index contributed by atoms with van der Waals surface area (Å²) in [6.45, 7) is 2.89. The van der Waals surface area contributed by atoms with Gasteiger partial charge in [0, 0.05) is 32.1 Å². The zero-order chi connectivity index (χ0) is 17.4. The zero-order valence-corrected chi connectivity index (χ0v) is 15.5. The lowest BCUT2D eigenvalue weighted by Crippen LogP contribution is -2.46. The Morgan fingerprint density at radius 3 is 2.64 bits per heavy atom. The fraction of sp³-hybridized carbons (Fsp3) is 0.556. The summed E-state index contributed by atoms with van der Waals surface area (Å²) in [5.74, 6) is -0.300. The summed E-state index contributed by atoms with van der Waals surface area (Å²) >= 11 is 0. The number of hydrogen-bond acceptors (Lipinski definition) is 5. The number of hydrogen-bond donors (Lipinski definition) is 2. The lowest BCUT2D eigenvalue weighted by Gasteiger charge is -2.36. The zero-order valence-electron chi connectivity index (χ0n) is 14.7. The van der Waals surface area contributed by atoms with Gasteiger partial charge in [-0.3, -0.25) is 9.69 Å². The molecule has 1 aromatic rings. The van der Waals surface area contributed by atoms with E-state index in [1.54, 1.807) is 12.1 Å². The van der Waals surface area contributed by atoms with Crippen molar-refractivity contribution < 1.29 is 14.3 Å². The predicted molar refractivity (Wildman–Crippen MR) is 99.8 cm³/mol. The van der Waals surface area contributed by atoms with Crippen LogP contribution in [0.5, 0.6) is 0 Å². The Kier molecular flexibility index (Phi) is 9.49. The van der Waals surface area contributed by atoms with E-state index >= 15 is 0 Å². The third kappa shape index (κ3) is 6.65. The summed E-state index contributed by atoms with van der Waals surface area (Å²) in [6.07, 6.45) is 3.83. The molecule has 25 heavy (non-hydrogen) atoms. The van der Waals surface area contributed by atoms with Crippen molar-refractivity contribution in [3.05, 3.63) is 35.4 Å². The predicted octanol–water partition coefficient (Wildman–Crippen LogP) is 1.71. The van der Waals surface area contributed by atoms with Crippen LogP contribution in [0.1, 0.15) is 41.6 Å². The summed E-state index contributed by atoms with van der Waals surface area (Å²) in [5, 5.41) is 2.98. The maximum atomic E-state index is 11.6. The number of piperidine rings is 1. The topological polar surface area (TPSA) is 84.7 Å². The van der Waals surface area contributed by atoms with E-state index in [-0.39, 0.29) is 24.3 Å². The van der Waals surface area contributed by atoms with Gasteiger partial charge in [0.25, 0.3) is 0 Å². The molecule has 0 aliphatic carbocycles. The molecule has 140 valence electrons. The third-order valence-corrected chi connectivity index (χ3v) is 4.42. The first-order chi connectivity index (χ1) is 11.6. The summed E-state index contributed by atoms with van der Waals surface area (Å²) < 4.78 is 4.72. The van der Waals surface area contributed by atoms with E-state index in [1.807, 2.05) is 12.1 Å². The number of halogens is 1. The van der Waals surface area contributed by atoms with Crippen molar-refractivity contribution in [1.29, 1.82) is 0 Å². The van der Waals surface area contributed by atoms with Crippen LogP contribution in [0.15, 0.2) is 24.3 Å². The van der Waals surface area contributed by atoms with Gasteiger partial charge in [0.15, 0.2) is 0 Å². The van der Waals surface area contributed by atoms with Crippen molar-refractivity contribution >= 4 is 24.3 Å². The number of nitrogens with one attached hydrogen (secondary N) is 1. The lowest BCUT2D eigenvalue weighted by molar-refractivity contribution is -0.121. The van der Waals surface area contributed by atoms with Gasteiger partial charge in [-0.1, -0.05) is 18.6 Å². The van der Waals surface area contributed by atoms with E-state index in [4.69, 9.17) is 10.5 Å². The van der Waals surface area contributed by atoms with Crippen LogP contribution < -0.4 is 11.1 Å². The molecule has 7 heteroatoms. The molecule has 0 aromatic heterocycles. The van der Waals surface area contributed by atoms with Crippen LogP contribution >= 0.6 is 12.4 Å². The molecule has 1 atom stereocenters. The molecule has 0 radical (unpaired) electrons. The van der Waals surface area contributed by atoms with Gasteiger partial charge in [-0.05, 0) is 37.1 Å². The van der Waals surface area contributed by atoms with E-state index in [0.29, 0.717) is 31.1 Å². The Hall–Kier alpha value is -1.63. The molecular weight excluding hydrogens is 342 g/mol. The summed E-state index contributed by atoms with van der Waals surface area (Å²) in [4.78, 5) is 25.5.